The van der Waals surface area contributed by atoms with E-state index in [0.717, 1.165) is 56.8 Å². The maximum absolute atomic E-state index is 12.5. The van der Waals surface area contributed by atoms with Crippen LogP contribution in [0.4, 0.5) is 5.69 Å². The molecule has 0 aromatic heterocycles. The number of amides is 1. The zero-order valence-corrected chi connectivity index (χ0v) is 15.4. The first-order chi connectivity index (χ1) is 12.0. The number of nitrogens with zero attached hydrogens (tertiary/aromatic N) is 2. The molecule has 8 heteroatoms. The highest BCUT2D eigenvalue weighted by Gasteiger charge is 2.25. The average Bonchev–Trinajstić information content (AvgIpc) is 3.03. The van der Waals surface area contributed by atoms with E-state index in [-0.39, 0.29) is 10.8 Å². The van der Waals surface area contributed by atoms with Gasteiger partial charge in [0.2, 0.25) is 15.9 Å². The van der Waals surface area contributed by atoms with Crippen LogP contribution in [-0.2, 0) is 21.2 Å². The van der Waals surface area contributed by atoms with Crippen molar-refractivity contribution in [2.24, 2.45) is 0 Å². The van der Waals surface area contributed by atoms with Crippen LogP contribution in [-0.4, -0.2) is 65.0 Å². The van der Waals surface area contributed by atoms with E-state index in [1.165, 1.54) is 6.92 Å². The van der Waals surface area contributed by atoms with Crippen LogP contribution < -0.4 is 14.9 Å². The summed E-state index contributed by atoms with van der Waals surface area (Å²) in [5.74, 6) is -0.0581. The Morgan fingerprint density at radius 1 is 1.24 bits per heavy atom. The zero-order chi connectivity index (χ0) is 17.9. The standard InChI is InChI=1S/C17H26N4O3S/c1-14(22)21-10-5-15-3-4-16(13-17(15)21)25(23,24)19-6-2-9-20-11-7-18-8-12-20/h3-4,13,18-19H,2,5-12H2,1H3. The highest BCUT2D eigenvalue weighted by atomic mass is 32.2. The number of carbonyl (C=O) groups excluding carboxylic acids is 1. The molecule has 2 heterocycles. The lowest BCUT2D eigenvalue weighted by atomic mass is 10.2. The van der Waals surface area contributed by atoms with Gasteiger partial charge >= 0.3 is 0 Å². The minimum Gasteiger partial charge on any atom is -0.314 e. The van der Waals surface area contributed by atoms with Crippen LogP contribution in [0.2, 0.25) is 0 Å². The molecule has 1 aromatic carbocycles. The normalized spacial score (nSPS) is 18.4. The summed E-state index contributed by atoms with van der Waals surface area (Å²) >= 11 is 0. The Kier molecular flexibility index (Phi) is 5.73. The Morgan fingerprint density at radius 3 is 2.72 bits per heavy atom. The molecule has 0 spiro atoms. The number of piperazine rings is 1. The van der Waals surface area contributed by atoms with Crippen molar-refractivity contribution in [1.82, 2.24) is 14.9 Å². The van der Waals surface area contributed by atoms with Gasteiger partial charge in [-0.1, -0.05) is 6.07 Å². The number of rotatable bonds is 6. The summed E-state index contributed by atoms with van der Waals surface area (Å²) in [7, 11) is -3.55. The molecule has 7 nitrogen and oxygen atoms in total. The molecule has 1 aromatic rings. The first kappa shape index (κ1) is 18.3. The number of fused-ring (bicyclic) bond motifs is 1. The smallest absolute Gasteiger partial charge is 0.240 e. The summed E-state index contributed by atoms with van der Waals surface area (Å²) in [6.07, 6.45) is 1.55. The van der Waals surface area contributed by atoms with Gasteiger partial charge in [0, 0.05) is 51.9 Å². The Bertz CT molecular complexity index is 729. The van der Waals surface area contributed by atoms with E-state index in [1.54, 1.807) is 17.0 Å². The fraction of sp³-hybridized carbons (Fsp3) is 0.588. The van der Waals surface area contributed by atoms with Crippen molar-refractivity contribution >= 4 is 21.6 Å². The molecule has 1 fully saturated rings. The molecule has 1 saturated heterocycles. The fourth-order valence-corrected chi connectivity index (χ4v) is 4.47. The highest BCUT2D eigenvalue weighted by Crippen LogP contribution is 2.30. The second kappa shape index (κ2) is 7.82. The van der Waals surface area contributed by atoms with Crippen molar-refractivity contribution in [1.29, 1.82) is 0 Å². The van der Waals surface area contributed by atoms with Gasteiger partial charge in [0.1, 0.15) is 0 Å². The molecule has 0 bridgehead atoms. The molecule has 138 valence electrons. The SMILES string of the molecule is CC(=O)N1CCc2ccc(S(=O)(=O)NCCCN3CCNCC3)cc21. The Balaban J connectivity index is 1.58. The fourth-order valence-electron chi connectivity index (χ4n) is 3.38. The monoisotopic (exact) mass is 366 g/mol. The summed E-state index contributed by atoms with van der Waals surface area (Å²) in [6, 6.07) is 5.05. The molecule has 25 heavy (non-hydrogen) atoms. The van der Waals surface area contributed by atoms with E-state index >= 15 is 0 Å². The summed E-state index contributed by atoms with van der Waals surface area (Å²) in [6.45, 7) is 7.45. The van der Waals surface area contributed by atoms with E-state index in [0.29, 0.717) is 13.1 Å². The van der Waals surface area contributed by atoms with Crippen molar-refractivity contribution in [3.8, 4) is 0 Å². The molecule has 3 rings (SSSR count). The van der Waals surface area contributed by atoms with Gasteiger partial charge in [0.25, 0.3) is 0 Å². The van der Waals surface area contributed by atoms with Crippen LogP contribution in [0.5, 0.6) is 0 Å². The Hall–Kier alpha value is -1.48. The first-order valence-electron chi connectivity index (χ1n) is 8.81. The average molecular weight is 366 g/mol. The molecular weight excluding hydrogens is 340 g/mol. The number of hydrogen-bond donors (Lipinski definition) is 2. The number of nitrogens with one attached hydrogen (secondary N) is 2. The second-order valence-corrected chi connectivity index (χ2v) is 8.32. The van der Waals surface area contributed by atoms with Gasteiger partial charge in [-0.15, -0.1) is 0 Å². The van der Waals surface area contributed by atoms with Gasteiger partial charge in [-0.2, -0.15) is 0 Å². The lowest BCUT2D eigenvalue weighted by Crippen LogP contribution is -2.44. The third kappa shape index (κ3) is 4.38. The van der Waals surface area contributed by atoms with Crippen LogP contribution >= 0.6 is 0 Å². The molecule has 2 N–H and O–H groups in total. The second-order valence-electron chi connectivity index (χ2n) is 6.55. The van der Waals surface area contributed by atoms with Crippen LogP contribution in [0, 0.1) is 0 Å². The number of benzene rings is 1. The van der Waals surface area contributed by atoms with E-state index in [9.17, 15) is 13.2 Å². The van der Waals surface area contributed by atoms with Crippen molar-refractivity contribution in [3.05, 3.63) is 23.8 Å². The molecule has 0 unspecified atom stereocenters. The van der Waals surface area contributed by atoms with Crippen LogP contribution in [0.15, 0.2) is 23.1 Å². The molecule has 0 aliphatic carbocycles. The topological polar surface area (TPSA) is 81.8 Å². The largest absolute Gasteiger partial charge is 0.314 e. The number of sulfonamides is 1. The number of carbonyl (C=O) groups is 1. The number of anilines is 1. The van der Waals surface area contributed by atoms with Crippen molar-refractivity contribution < 1.29 is 13.2 Å². The van der Waals surface area contributed by atoms with E-state index in [2.05, 4.69) is 14.9 Å². The lowest BCUT2D eigenvalue weighted by Gasteiger charge is -2.27. The Labute approximate surface area is 149 Å². The molecular formula is C17H26N4O3S. The van der Waals surface area contributed by atoms with Gasteiger partial charge in [-0.3, -0.25) is 4.79 Å². The van der Waals surface area contributed by atoms with E-state index in [4.69, 9.17) is 0 Å². The van der Waals surface area contributed by atoms with Crippen LogP contribution in [0.1, 0.15) is 18.9 Å². The molecule has 0 saturated carbocycles. The van der Waals surface area contributed by atoms with E-state index < -0.39 is 10.0 Å². The highest BCUT2D eigenvalue weighted by molar-refractivity contribution is 7.89. The van der Waals surface area contributed by atoms with E-state index in [1.807, 2.05) is 6.07 Å². The molecule has 0 radical (unpaired) electrons. The molecule has 1 amide bonds. The maximum Gasteiger partial charge on any atom is 0.240 e. The quantitative estimate of drug-likeness (QED) is 0.702. The van der Waals surface area contributed by atoms with Crippen molar-refractivity contribution in [3.63, 3.8) is 0 Å². The van der Waals surface area contributed by atoms with Crippen LogP contribution in [0.25, 0.3) is 0 Å². The van der Waals surface area contributed by atoms with Gasteiger partial charge in [0.05, 0.1) is 4.90 Å². The minimum atomic E-state index is -3.55. The maximum atomic E-state index is 12.5. The van der Waals surface area contributed by atoms with Crippen LogP contribution in [0.3, 0.4) is 0 Å². The summed E-state index contributed by atoms with van der Waals surface area (Å²) in [5.41, 5.74) is 1.74. The molecule has 2 aliphatic rings. The molecule has 2 aliphatic heterocycles. The van der Waals surface area contributed by atoms with Crippen molar-refractivity contribution in [2.75, 3.05) is 50.7 Å². The van der Waals surface area contributed by atoms with Gasteiger partial charge in [-0.05, 0) is 37.1 Å². The summed E-state index contributed by atoms with van der Waals surface area (Å²) in [4.78, 5) is 15.9. The third-order valence-corrected chi connectivity index (χ3v) is 6.25. The van der Waals surface area contributed by atoms with Gasteiger partial charge in [-0.25, -0.2) is 13.1 Å². The predicted octanol–water partition coefficient (Wildman–Crippen LogP) is 0.169. The van der Waals surface area contributed by atoms with Gasteiger partial charge in [0.15, 0.2) is 0 Å². The molecule has 0 atom stereocenters. The van der Waals surface area contributed by atoms with Gasteiger partial charge < -0.3 is 15.1 Å². The zero-order valence-electron chi connectivity index (χ0n) is 14.6. The Morgan fingerprint density at radius 2 is 2.00 bits per heavy atom. The predicted molar refractivity (Wildman–Crippen MR) is 97.3 cm³/mol. The third-order valence-electron chi connectivity index (χ3n) is 4.80. The summed E-state index contributed by atoms with van der Waals surface area (Å²) in [5, 5.41) is 3.30. The summed E-state index contributed by atoms with van der Waals surface area (Å²) < 4.78 is 27.7. The minimum absolute atomic E-state index is 0.0581. The lowest BCUT2D eigenvalue weighted by molar-refractivity contribution is -0.116. The number of hydrogen-bond acceptors (Lipinski definition) is 5. The van der Waals surface area contributed by atoms with Crippen molar-refractivity contribution in [2.45, 2.75) is 24.7 Å². The first-order valence-corrected chi connectivity index (χ1v) is 10.3.